The molecule has 2 aliphatic heterocycles. The molecule has 6 rings (SSSR count). The predicted octanol–water partition coefficient (Wildman–Crippen LogP) is 6.70. The molecule has 252 valence electrons. The van der Waals surface area contributed by atoms with Crippen molar-refractivity contribution in [3.05, 3.63) is 113 Å². The van der Waals surface area contributed by atoms with Gasteiger partial charge in [0.25, 0.3) is 0 Å². The second-order valence-corrected chi connectivity index (χ2v) is 14.2. The van der Waals surface area contributed by atoms with Crippen LogP contribution < -0.4 is 0 Å². The Hall–Kier alpha value is -2.85. The van der Waals surface area contributed by atoms with Gasteiger partial charge in [-0.05, 0) is 70.1 Å². The molecule has 0 spiro atoms. The van der Waals surface area contributed by atoms with Gasteiger partial charge in [-0.15, -0.1) is 22.7 Å². The second-order valence-electron chi connectivity index (χ2n) is 10.5. The van der Waals surface area contributed by atoms with Crippen LogP contribution in [0.4, 0.5) is 0 Å². The van der Waals surface area contributed by atoms with Gasteiger partial charge in [-0.25, -0.2) is 9.59 Å². The Morgan fingerprint density at radius 1 is 0.723 bits per heavy atom. The van der Waals surface area contributed by atoms with Crippen molar-refractivity contribution in [3.8, 4) is 0 Å². The van der Waals surface area contributed by atoms with Gasteiger partial charge in [0.2, 0.25) is 0 Å². The number of halogens is 2. The van der Waals surface area contributed by atoms with E-state index in [1.54, 1.807) is 22.7 Å². The molecule has 47 heavy (non-hydrogen) atoms. The number of esters is 2. The van der Waals surface area contributed by atoms with Crippen molar-refractivity contribution in [3.63, 3.8) is 0 Å². The SMILES string of the molecule is COC(=O)[C@H](c1ccccc1Cl)N1CCc2sccc2C1.COC(=O)[C@H](c1ccccc1Cl)N1CCc2sccc2C1.O=S(=O)(O)O. The molecular formula is C32H34Cl2N2O8S3. The number of benzene rings is 2. The van der Waals surface area contributed by atoms with Crippen molar-refractivity contribution in [1.29, 1.82) is 0 Å². The van der Waals surface area contributed by atoms with Crippen LogP contribution in [0.5, 0.6) is 0 Å². The molecule has 0 aliphatic carbocycles. The number of thiophene rings is 2. The van der Waals surface area contributed by atoms with E-state index in [-0.39, 0.29) is 11.9 Å². The fourth-order valence-corrected chi connectivity index (χ4v) is 7.80. The summed E-state index contributed by atoms with van der Waals surface area (Å²) in [5.74, 6) is -0.524. The van der Waals surface area contributed by atoms with Crippen molar-refractivity contribution in [2.75, 3.05) is 27.3 Å². The molecule has 2 aromatic carbocycles. The lowest BCUT2D eigenvalue weighted by atomic mass is 10.0. The van der Waals surface area contributed by atoms with Crippen molar-refractivity contribution < 1.29 is 36.6 Å². The van der Waals surface area contributed by atoms with Crippen molar-refractivity contribution in [2.24, 2.45) is 0 Å². The lowest BCUT2D eigenvalue weighted by molar-refractivity contribution is -0.148. The Balaban J connectivity index is 0.000000186. The highest BCUT2D eigenvalue weighted by molar-refractivity contribution is 7.79. The minimum atomic E-state index is -4.67. The average molecular weight is 742 g/mol. The fraction of sp³-hybridized carbons (Fsp3) is 0.312. The van der Waals surface area contributed by atoms with E-state index < -0.39 is 22.5 Å². The van der Waals surface area contributed by atoms with Crippen LogP contribution in [-0.4, -0.2) is 66.6 Å². The smallest absolute Gasteiger partial charge is 0.394 e. The van der Waals surface area contributed by atoms with Gasteiger partial charge in [-0.1, -0.05) is 59.6 Å². The van der Waals surface area contributed by atoms with Crippen molar-refractivity contribution in [1.82, 2.24) is 9.80 Å². The highest BCUT2D eigenvalue weighted by atomic mass is 35.5. The van der Waals surface area contributed by atoms with E-state index in [1.807, 2.05) is 48.5 Å². The Morgan fingerprint density at radius 3 is 1.43 bits per heavy atom. The molecule has 0 saturated heterocycles. The first-order valence-corrected chi connectivity index (χ1v) is 18.3. The first kappa shape index (κ1) is 37.0. The van der Waals surface area contributed by atoms with Crippen LogP contribution in [0.25, 0.3) is 0 Å². The van der Waals surface area contributed by atoms with E-state index in [1.165, 1.54) is 35.1 Å². The maximum absolute atomic E-state index is 12.3. The third kappa shape index (κ3) is 10.1. The molecule has 2 N–H and O–H groups in total. The number of hydrogen-bond acceptors (Lipinski definition) is 10. The third-order valence-electron chi connectivity index (χ3n) is 7.65. The number of methoxy groups -OCH3 is 2. The van der Waals surface area contributed by atoms with E-state index in [0.29, 0.717) is 10.0 Å². The standard InChI is InChI=1S/2C16H16ClNO2S.H2O4S/c2*1-20-16(19)15(12-4-2-3-5-13(12)17)18-8-6-14-11(10-18)7-9-21-14;1-5(2,3)4/h2*2-5,7,9,15H,6,8,10H2,1H3;(H2,1,2,3,4)/t2*15-;/m00./s1. The van der Waals surface area contributed by atoms with Gasteiger partial charge in [0, 0.05) is 46.0 Å². The molecule has 0 saturated carbocycles. The Morgan fingerprint density at radius 2 is 1.09 bits per heavy atom. The number of ether oxygens (including phenoxy) is 2. The monoisotopic (exact) mass is 740 g/mol. The molecule has 2 aliphatic rings. The maximum Gasteiger partial charge on any atom is 0.394 e. The molecule has 0 amide bonds. The number of carbonyl (C=O) groups excluding carboxylic acids is 2. The minimum Gasteiger partial charge on any atom is -0.468 e. The van der Waals surface area contributed by atoms with Gasteiger partial charge >= 0.3 is 22.3 Å². The van der Waals surface area contributed by atoms with Crippen molar-refractivity contribution in [2.45, 2.75) is 38.0 Å². The molecule has 4 heterocycles. The van der Waals surface area contributed by atoms with Crippen LogP contribution in [0.15, 0.2) is 71.4 Å². The molecule has 0 radical (unpaired) electrons. The summed E-state index contributed by atoms with van der Waals surface area (Å²) in [6.45, 7) is 3.17. The Bertz CT molecular complexity index is 1660. The predicted molar refractivity (Wildman–Crippen MR) is 183 cm³/mol. The van der Waals surface area contributed by atoms with Crippen LogP contribution in [-0.2, 0) is 55.4 Å². The Labute approximate surface area is 292 Å². The van der Waals surface area contributed by atoms with E-state index >= 15 is 0 Å². The summed E-state index contributed by atoms with van der Waals surface area (Å²) < 4.78 is 41.6. The second kappa shape index (κ2) is 17.0. The van der Waals surface area contributed by atoms with E-state index in [0.717, 1.165) is 50.1 Å². The molecule has 10 nitrogen and oxygen atoms in total. The zero-order valence-corrected chi connectivity index (χ0v) is 29.5. The fourth-order valence-electron chi connectivity index (χ4n) is 5.54. The first-order valence-electron chi connectivity index (χ1n) is 14.3. The quantitative estimate of drug-likeness (QED) is 0.163. The zero-order valence-electron chi connectivity index (χ0n) is 25.5. The summed E-state index contributed by atoms with van der Waals surface area (Å²) in [5.41, 5.74) is 4.22. The third-order valence-corrected chi connectivity index (χ3v) is 10.4. The van der Waals surface area contributed by atoms with Crippen molar-refractivity contribution >= 4 is 68.2 Å². The van der Waals surface area contributed by atoms with Gasteiger partial charge in [0.15, 0.2) is 0 Å². The maximum atomic E-state index is 12.3. The van der Waals surface area contributed by atoms with Gasteiger partial charge in [-0.3, -0.25) is 18.9 Å². The summed E-state index contributed by atoms with van der Waals surface area (Å²) in [6.07, 6.45) is 1.93. The largest absolute Gasteiger partial charge is 0.468 e. The molecule has 15 heteroatoms. The summed E-state index contributed by atoms with van der Waals surface area (Å²) in [7, 11) is -1.82. The van der Waals surface area contributed by atoms with Gasteiger partial charge in [0.05, 0.1) is 14.2 Å². The molecule has 2 aromatic heterocycles. The number of nitrogens with zero attached hydrogens (tertiary/aromatic N) is 2. The number of carbonyl (C=O) groups is 2. The van der Waals surface area contributed by atoms with E-state index in [9.17, 15) is 9.59 Å². The topological polar surface area (TPSA) is 134 Å². The van der Waals surface area contributed by atoms with Crippen LogP contribution in [0, 0.1) is 0 Å². The number of fused-ring (bicyclic) bond motifs is 2. The minimum absolute atomic E-state index is 0.262. The van der Waals surface area contributed by atoms with Gasteiger partial charge in [-0.2, -0.15) is 8.42 Å². The molecule has 0 bridgehead atoms. The summed E-state index contributed by atoms with van der Waals surface area (Å²) >= 11 is 16.1. The average Bonchev–Trinajstić information content (AvgIpc) is 3.72. The molecular weight excluding hydrogens is 707 g/mol. The first-order chi connectivity index (χ1) is 22.4. The normalized spacial score (nSPS) is 15.8. The summed E-state index contributed by atoms with van der Waals surface area (Å²) in [6, 6.07) is 18.3. The van der Waals surface area contributed by atoms with Crippen LogP contribution >= 0.6 is 45.9 Å². The summed E-state index contributed by atoms with van der Waals surface area (Å²) in [5, 5.41) is 5.42. The highest BCUT2D eigenvalue weighted by Gasteiger charge is 2.34. The van der Waals surface area contributed by atoms with Gasteiger partial charge in [0.1, 0.15) is 12.1 Å². The lowest BCUT2D eigenvalue weighted by Gasteiger charge is -2.33. The molecule has 0 unspecified atom stereocenters. The van der Waals surface area contributed by atoms with Gasteiger partial charge < -0.3 is 9.47 Å². The summed E-state index contributed by atoms with van der Waals surface area (Å²) in [4.78, 5) is 31.7. The van der Waals surface area contributed by atoms with Crippen LogP contribution in [0.2, 0.25) is 10.0 Å². The molecule has 0 fully saturated rings. The lowest BCUT2D eigenvalue weighted by Crippen LogP contribution is -2.38. The molecule has 4 aromatic rings. The van der Waals surface area contributed by atoms with Crippen LogP contribution in [0.1, 0.15) is 44.1 Å². The number of rotatable bonds is 6. The van der Waals surface area contributed by atoms with E-state index in [4.69, 9.17) is 50.2 Å². The Kier molecular flexibility index (Phi) is 13.4. The number of hydrogen-bond donors (Lipinski definition) is 2. The van der Waals surface area contributed by atoms with Crippen LogP contribution in [0.3, 0.4) is 0 Å². The highest BCUT2D eigenvalue weighted by Crippen LogP contribution is 2.35. The zero-order chi connectivity index (χ0) is 34.1. The van der Waals surface area contributed by atoms with E-state index in [2.05, 4.69) is 32.7 Å². The molecule has 2 atom stereocenters.